The number of benzene rings is 2. The Balaban J connectivity index is 1.53. The quantitative estimate of drug-likeness (QED) is 0.843. The first-order valence-electron chi connectivity index (χ1n) is 8.12. The minimum Gasteiger partial charge on any atom is -0.493 e. The molecule has 1 saturated heterocycles. The highest BCUT2D eigenvalue weighted by atomic mass is 19.1. The van der Waals surface area contributed by atoms with Gasteiger partial charge >= 0.3 is 0 Å². The first kappa shape index (κ1) is 15.1. The van der Waals surface area contributed by atoms with Crippen LogP contribution in [-0.4, -0.2) is 30.5 Å². The van der Waals surface area contributed by atoms with E-state index in [0.29, 0.717) is 19.7 Å². The van der Waals surface area contributed by atoms with Crippen molar-refractivity contribution in [1.82, 2.24) is 4.90 Å². The Kier molecular flexibility index (Phi) is 3.71. The van der Waals surface area contributed by atoms with E-state index >= 15 is 0 Å². The van der Waals surface area contributed by atoms with E-state index < -0.39 is 23.1 Å². The van der Waals surface area contributed by atoms with E-state index in [1.54, 1.807) is 0 Å². The van der Waals surface area contributed by atoms with Crippen molar-refractivity contribution in [2.45, 2.75) is 18.8 Å². The molecular weight excluding hydrogens is 312 g/mol. The summed E-state index contributed by atoms with van der Waals surface area (Å²) in [4.78, 5) is 14.0. The molecule has 0 radical (unpaired) electrons. The van der Waals surface area contributed by atoms with Gasteiger partial charge in [-0.2, -0.15) is 0 Å². The second-order valence-electron chi connectivity index (χ2n) is 6.30. The molecule has 124 valence electrons. The molecular formula is C19H17F2NO2. The van der Waals surface area contributed by atoms with Gasteiger partial charge < -0.3 is 9.64 Å². The van der Waals surface area contributed by atoms with Gasteiger partial charge in [0.15, 0.2) is 0 Å². The lowest BCUT2D eigenvalue weighted by molar-refractivity contribution is 0.0781. The van der Waals surface area contributed by atoms with Crippen LogP contribution >= 0.6 is 0 Å². The van der Waals surface area contributed by atoms with Gasteiger partial charge in [-0.15, -0.1) is 0 Å². The molecule has 2 heterocycles. The van der Waals surface area contributed by atoms with E-state index in [2.05, 4.69) is 6.07 Å². The van der Waals surface area contributed by atoms with Crippen LogP contribution in [0, 0.1) is 11.6 Å². The molecule has 2 aliphatic rings. The molecule has 0 saturated carbocycles. The standard InChI is InChI=1S/C19H17F2NO2/c20-15-2-1-3-16(21)18(15)19(23)22-8-6-14(11-22)12-4-5-17-13(10-12)7-9-24-17/h1-5,10,14H,6-9,11H2/t14-/m1/s1. The number of hydrogen-bond donors (Lipinski definition) is 0. The van der Waals surface area contributed by atoms with Crippen LogP contribution in [-0.2, 0) is 6.42 Å². The second-order valence-corrected chi connectivity index (χ2v) is 6.30. The average molecular weight is 329 g/mol. The van der Waals surface area contributed by atoms with Gasteiger partial charge in [0.2, 0.25) is 0 Å². The maximum absolute atomic E-state index is 13.8. The molecule has 24 heavy (non-hydrogen) atoms. The fraction of sp³-hybridized carbons (Fsp3) is 0.316. The molecule has 1 fully saturated rings. The van der Waals surface area contributed by atoms with Crippen LogP contribution < -0.4 is 4.74 Å². The molecule has 1 amide bonds. The van der Waals surface area contributed by atoms with Crippen molar-refractivity contribution in [3.8, 4) is 5.75 Å². The van der Waals surface area contributed by atoms with Crippen molar-refractivity contribution in [1.29, 1.82) is 0 Å². The third-order valence-corrected chi connectivity index (χ3v) is 4.84. The SMILES string of the molecule is O=C(c1c(F)cccc1F)N1CC[C@@H](c2ccc3c(c2)CCO3)C1. The third-order valence-electron chi connectivity index (χ3n) is 4.84. The van der Waals surface area contributed by atoms with Gasteiger partial charge in [0.1, 0.15) is 22.9 Å². The van der Waals surface area contributed by atoms with Crippen molar-refractivity contribution in [3.63, 3.8) is 0 Å². The van der Waals surface area contributed by atoms with Crippen molar-refractivity contribution in [2.24, 2.45) is 0 Å². The zero-order chi connectivity index (χ0) is 16.7. The summed E-state index contributed by atoms with van der Waals surface area (Å²) in [5, 5.41) is 0. The van der Waals surface area contributed by atoms with E-state index in [1.807, 2.05) is 12.1 Å². The van der Waals surface area contributed by atoms with E-state index in [1.165, 1.54) is 16.5 Å². The Morgan fingerprint density at radius 3 is 2.75 bits per heavy atom. The van der Waals surface area contributed by atoms with E-state index in [-0.39, 0.29) is 5.92 Å². The molecule has 0 aromatic heterocycles. The minimum atomic E-state index is -0.807. The molecule has 0 unspecified atom stereocenters. The summed E-state index contributed by atoms with van der Waals surface area (Å²) < 4.78 is 33.2. The lowest BCUT2D eigenvalue weighted by Crippen LogP contribution is -2.30. The molecule has 5 heteroatoms. The first-order valence-corrected chi connectivity index (χ1v) is 8.12. The van der Waals surface area contributed by atoms with Crippen LogP contribution in [0.1, 0.15) is 33.8 Å². The molecule has 3 nitrogen and oxygen atoms in total. The van der Waals surface area contributed by atoms with Gasteiger partial charge in [0.05, 0.1) is 6.61 Å². The van der Waals surface area contributed by atoms with Gasteiger partial charge in [-0.05, 0) is 35.7 Å². The molecule has 2 aliphatic heterocycles. The van der Waals surface area contributed by atoms with Crippen LogP contribution in [0.4, 0.5) is 8.78 Å². The highest BCUT2D eigenvalue weighted by Crippen LogP contribution is 2.33. The minimum absolute atomic E-state index is 0.190. The van der Waals surface area contributed by atoms with Gasteiger partial charge in [0.25, 0.3) is 5.91 Å². The van der Waals surface area contributed by atoms with Crippen molar-refractivity contribution >= 4 is 5.91 Å². The van der Waals surface area contributed by atoms with E-state index in [0.717, 1.165) is 36.3 Å². The molecule has 1 atom stereocenters. The summed E-state index contributed by atoms with van der Waals surface area (Å²) >= 11 is 0. The summed E-state index contributed by atoms with van der Waals surface area (Å²) in [6.07, 6.45) is 1.69. The first-order chi connectivity index (χ1) is 11.6. The van der Waals surface area contributed by atoms with Gasteiger partial charge in [0, 0.05) is 25.4 Å². The Bertz CT molecular complexity index is 786. The Hall–Kier alpha value is -2.43. The van der Waals surface area contributed by atoms with Crippen molar-refractivity contribution < 1.29 is 18.3 Å². The van der Waals surface area contributed by atoms with Crippen molar-refractivity contribution in [2.75, 3.05) is 19.7 Å². The molecule has 0 N–H and O–H groups in total. The zero-order valence-electron chi connectivity index (χ0n) is 13.1. The number of halogens is 2. The molecule has 2 aromatic carbocycles. The second kappa shape index (κ2) is 5.89. The normalized spacial score (nSPS) is 19.2. The largest absolute Gasteiger partial charge is 0.493 e. The number of rotatable bonds is 2. The fourth-order valence-electron chi connectivity index (χ4n) is 3.54. The van der Waals surface area contributed by atoms with Gasteiger partial charge in [-0.25, -0.2) is 8.78 Å². The lowest BCUT2D eigenvalue weighted by Gasteiger charge is -2.18. The topological polar surface area (TPSA) is 29.5 Å². The molecule has 0 aliphatic carbocycles. The number of ether oxygens (including phenoxy) is 1. The number of likely N-dealkylation sites (tertiary alicyclic amines) is 1. The van der Waals surface area contributed by atoms with Crippen LogP contribution in [0.2, 0.25) is 0 Å². The number of nitrogens with zero attached hydrogens (tertiary/aromatic N) is 1. The summed E-state index contributed by atoms with van der Waals surface area (Å²) in [7, 11) is 0. The molecule has 0 bridgehead atoms. The number of hydrogen-bond acceptors (Lipinski definition) is 2. The monoisotopic (exact) mass is 329 g/mol. The Morgan fingerprint density at radius 2 is 1.96 bits per heavy atom. The van der Waals surface area contributed by atoms with Gasteiger partial charge in [-0.3, -0.25) is 4.79 Å². The summed E-state index contributed by atoms with van der Waals surface area (Å²) in [5.41, 5.74) is 1.89. The lowest BCUT2D eigenvalue weighted by atomic mass is 9.96. The smallest absolute Gasteiger partial charge is 0.259 e. The molecule has 2 aromatic rings. The molecule has 4 rings (SSSR count). The van der Waals surface area contributed by atoms with Crippen LogP contribution in [0.15, 0.2) is 36.4 Å². The average Bonchev–Trinajstić information content (AvgIpc) is 3.23. The van der Waals surface area contributed by atoms with Crippen molar-refractivity contribution in [3.05, 3.63) is 64.7 Å². The number of amides is 1. The van der Waals surface area contributed by atoms with E-state index in [4.69, 9.17) is 4.74 Å². The Labute approximate surface area is 138 Å². The van der Waals surface area contributed by atoms with Crippen LogP contribution in [0.5, 0.6) is 5.75 Å². The number of fused-ring (bicyclic) bond motifs is 1. The predicted octanol–water partition coefficient (Wildman–Crippen LogP) is 3.53. The zero-order valence-corrected chi connectivity index (χ0v) is 13.1. The summed E-state index contributed by atoms with van der Waals surface area (Å²) in [6, 6.07) is 9.62. The van der Waals surface area contributed by atoms with Crippen LogP contribution in [0.25, 0.3) is 0 Å². The maximum atomic E-state index is 13.8. The summed E-state index contributed by atoms with van der Waals surface area (Å²) in [6.45, 7) is 1.69. The summed E-state index contributed by atoms with van der Waals surface area (Å²) in [5.74, 6) is -1.07. The third kappa shape index (κ3) is 2.54. The fourth-order valence-corrected chi connectivity index (χ4v) is 3.54. The number of carbonyl (C=O) groups excluding carboxylic acids is 1. The van der Waals surface area contributed by atoms with Crippen LogP contribution in [0.3, 0.4) is 0 Å². The highest BCUT2D eigenvalue weighted by molar-refractivity contribution is 5.95. The Morgan fingerprint density at radius 1 is 1.17 bits per heavy atom. The van der Waals surface area contributed by atoms with Gasteiger partial charge in [-0.1, -0.05) is 18.2 Å². The maximum Gasteiger partial charge on any atom is 0.259 e. The van der Waals surface area contributed by atoms with E-state index in [9.17, 15) is 13.6 Å². The number of carbonyl (C=O) groups is 1. The molecule has 0 spiro atoms. The highest BCUT2D eigenvalue weighted by Gasteiger charge is 2.31. The predicted molar refractivity (Wildman–Crippen MR) is 85.3 cm³/mol.